The predicted octanol–water partition coefficient (Wildman–Crippen LogP) is 2.12. The van der Waals surface area contributed by atoms with E-state index in [1.54, 1.807) is 6.07 Å². The first-order valence-electron chi connectivity index (χ1n) is 3.97. The minimum absolute atomic E-state index is 0.0221. The van der Waals surface area contributed by atoms with Gasteiger partial charge >= 0.3 is 0 Å². The van der Waals surface area contributed by atoms with Gasteiger partial charge in [0.1, 0.15) is 0 Å². The van der Waals surface area contributed by atoms with E-state index in [1.165, 1.54) is 19.2 Å². The summed E-state index contributed by atoms with van der Waals surface area (Å²) in [5, 5.41) is 15.8. The van der Waals surface area contributed by atoms with Crippen LogP contribution in [-0.2, 0) is 0 Å². The molecule has 0 heterocycles. The molecule has 0 aliphatic heterocycles. The lowest BCUT2D eigenvalue weighted by Gasteiger charge is -2.04. The average molecular weight is 192 g/mol. The molecule has 0 saturated heterocycles. The van der Waals surface area contributed by atoms with Gasteiger partial charge in [0, 0.05) is 0 Å². The molecule has 1 N–H and O–H groups in total. The molecule has 1 aromatic rings. The smallest absolute Gasteiger partial charge is 0.165 e. The van der Waals surface area contributed by atoms with E-state index in [1.807, 2.05) is 6.07 Å². The largest absolute Gasteiger partial charge is 0.494 e. The van der Waals surface area contributed by atoms with E-state index in [0.29, 0.717) is 5.56 Å². The number of nitrogens with one attached hydrogen (secondary N) is 1. The Morgan fingerprint density at radius 1 is 1.64 bits per heavy atom. The molecule has 4 heteroatoms. The fourth-order valence-electron chi connectivity index (χ4n) is 1.04. The minimum Gasteiger partial charge on any atom is -0.494 e. The summed E-state index contributed by atoms with van der Waals surface area (Å²) in [4.78, 5) is 0. The zero-order valence-corrected chi connectivity index (χ0v) is 7.67. The molecule has 1 rings (SSSR count). The normalized spacial score (nSPS) is 9.21. The molecule has 14 heavy (non-hydrogen) atoms. The van der Waals surface area contributed by atoms with Gasteiger partial charge in [0.25, 0.3) is 0 Å². The van der Waals surface area contributed by atoms with Crippen LogP contribution in [0.2, 0.25) is 0 Å². The molecular formula is C10H9FN2O. The van der Waals surface area contributed by atoms with Crippen molar-refractivity contribution in [2.45, 2.75) is 6.42 Å². The molecule has 3 nitrogen and oxygen atoms in total. The van der Waals surface area contributed by atoms with E-state index in [2.05, 4.69) is 0 Å². The van der Waals surface area contributed by atoms with Crippen LogP contribution in [0.25, 0.3) is 0 Å². The van der Waals surface area contributed by atoms with Crippen molar-refractivity contribution in [2.75, 3.05) is 7.11 Å². The first kappa shape index (κ1) is 10.2. The van der Waals surface area contributed by atoms with E-state index in [-0.39, 0.29) is 17.9 Å². The molecule has 0 aromatic heterocycles. The Labute approximate surface area is 81.2 Å². The molecule has 0 spiro atoms. The van der Waals surface area contributed by atoms with Crippen molar-refractivity contribution in [1.29, 1.82) is 10.7 Å². The second kappa shape index (κ2) is 4.38. The highest BCUT2D eigenvalue weighted by molar-refractivity contribution is 5.99. The van der Waals surface area contributed by atoms with Crippen molar-refractivity contribution in [3.05, 3.63) is 29.6 Å². The molecule has 72 valence electrons. The summed E-state index contributed by atoms with van der Waals surface area (Å²) >= 11 is 0. The Morgan fingerprint density at radius 2 is 2.36 bits per heavy atom. The van der Waals surface area contributed by atoms with Crippen LogP contribution >= 0.6 is 0 Å². The minimum atomic E-state index is -0.521. The van der Waals surface area contributed by atoms with Gasteiger partial charge < -0.3 is 10.1 Å². The van der Waals surface area contributed by atoms with Crippen molar-refractivity contribution in [3.8, 4) is 11.8 Å². The second-order valence-corrected chi connectivity index (χ2v) is 2.66. The second-order valence-electron chi connectivity index (χ2n) is 2.66. The lowest BCUT2D eigenvalue weighted by molar-refractivity contribution is 0.386. The highest BCUT2D eigenvalue weighted by Gasteiger charge is 2.06. The molecule has 0 aliphatic rings. The van der Waals surface area contributed by atoms with Crippen molar-refractivity contribution in [2.24, 2.45) is 0 Å². The van der Waals surface area contributed by atoms with Gasteiger partial charge in [0.15, 0.2) is 11.6 Å². The molecule has 0 saturated carbocycles. The van der Waals surface area contributed by atoms with Crippen LogP contribution in [0.3, 0.4) is 0 Å². The summed E-state index contributed by atoms with van der Waals surface area (Å²) in [6.45, 7) is 0. The SMILES string of the molecule is COc1ccc(C(=N)CC#N)cc1F. The van der Waals surface area contributed by atoms with E-state index in [4.69, 9.17) is 15.4 Å². The summed E-state index contributed by atoms with van der Waals surface area (Å²) in [7, 11) is 1.37. The molecule has 0 atom stereocenters. The van der Waals surface area contributed by atoms with E-state index in [0.717, 1.165) is 0 Å². The molecule has 0 unspecified atom stereocenters. The number of hydrogen-bond donors (Lipinski definition) is 1. The van der Waals surface area contributed by atoms with Crippen LogP contribution in [0.15, 0.2) is 18.2 Å². The zero-order chi connectivity index (χ0) is 10.6. The number of benzene rings is 1. The van der Waals surface area contributed by atoms with Crippen molar-refractivity contribution >= 4 is 5.71 Å². The van der Waals surface area contributed by atoms with Gasteiger partial charge in [-0.3, -0.25) is 0 Å². The fourth-order valence-corrected chi connectivity index (χ4v) is 1.04. The van der Waals surface area contributed by atoms with Crippen LogP contribution in [0.1, 0.15) is 12.0 Å². The molecule has 0 amide bonds. The lowest BCUT2D eigenvalue weighted by Crippen LogP contribution is -1.99. The average Bonchev–Trinajstić information content (AvgIpc) is 2.18. The molecule has 0 radical (unpaired) electrons. The summed E-state index contributed by atoms with van der Waals surface area (Å²) in [6, 6.07) is 6.03. The van der Waals surface area contributed by atoms with Crippen LogP contribution in [0.5, 0.6) is 5.75 Å². The summed E-state index contributed by atoms with van der Waals surface area (Å²) in [6.07, 6.45) is -0.0221. The van der Waals surface area contributed by atoms with Crippen LogP contribution in [0.4, 0.5) is 4.39 Å². The predicted molar refractivity (Wildman–Crippen MR) is 50.0 cm³/mol. The number of nitrogens with zero attached hydrogens (tertiary/aromatic N) is 1. The standard InChI is InChI=1S/C10H9FN2O/c1-14-10-3-2-7(6-8(10)11)9(13)4-5-12/h2-3,6,13H,4H2,1H3. The summed E-state index contributed by atoms with van der Waals surface area (Å²) in [5.41, 5.74) is 0.513. The topological polar surface area (TPSA) is 56.9 Å². The van der Waals surface area contributed by atoms with Gasteiger partial charge in [-0.25, -0.2) is 4.39 Å². The zero-order valence-electron chi connectivity index (χ0n) is 7.67. The van der Waals surface area contributed by atoms with Crippen LogP contribution < -0.4 is 4.74 Å². The third kappa shape index (κ3) is 2.07. The molecule has 0 fully saturated rings. The highest BCUT2D eigenvalue weighted by Crippen LogP contribution is 2.18. The summed E-state index contributed by atoms with van der Waals surface area (Å²) in [5.74, 6) is -0.383. The molecule has 0 aliphatic carbocycles. The Morgan fingerprint density at radius 3 is 2.86 bits per heavy atom. The Kier molecular flexibility index (Phi) is 3.19. The Hall–Kier alpha value is -1.89. The quantitative estimate of drug-likeness (QED) is 0.745. The number of methoxy groups -OCH3 is 1. The fraction of sp³-hybridized carbons (Fsp3) is 0.200. The number of hydrogen-bond acceptors (Lipinski definition) is 3. The van der Waals surface area contributed by atoms with Crippen LogP contribution in [0, 0.1) is 22.6 Å². The van der Waals surface area contributed by atoms with Gasteiger partial charge in [-0.15, -0.1) is 0 Å². The van der Waals surface area contributed by atoms with Gasteiger partial charge in [0.05, 0.1) is 25.3 Å². The lowest BCUT2D eigenvalue weighted by atomic mass is 10.1. The Bertz CT molecular complexity index is 396. The van der Waals surface area contributed by atoms with Gasteiger partial charge in [0.2, 0.25) is 0 Å². The van der Waals surface area contributed by atoms with Gasteiger partial charge in [-0.1, -0.05) is 0 Å². The Balaban J connectivity index is 2.98. The van der Waals surface area contributed by atoms with Gasteiger partial charge in [-0.05, 0) is 23.8 Å². The van der Waals surface area contributed by atoms with Crippen LogP contribution in [-0.4, -0.2) is 12.8 Å². The number of rotatable bonds is 3. The third-order valence-corrected chi connectivity index (χ3v) is 1.76. The summed E-state index contributed by atoms with van der Waals surface area (Å²) < 4.78 is 17.9. The molecule has 0 bridgehead atoms. The van der Waals surface area contributed by atoms with E-state index < -0.39 is 5.82 Å². The van der Waals surface area contributed by atoms with Crippen molar-refractivity contribution < 1.29 is 9.13 Å². The molecule has 1 aromatic carbocycles. The van der Waals surface area contributed by atoms with Crippen molar-refractivity contribution in [1.82, 2.24) is 0 Å². The molecular weight excluding hydrogens is 183 g/mol. The maximum absolute atomic E-state index is 13.1. The van der Waals surface area contributed by atoms with Gasteiger partial charge in [-0.2, -0.15) is 5.26 Å². The van der Waals surface area contributed by atoms with Crippen molar-refractivity contribution in [3.63, 3.8) is 0 Å². The maximum atomic E-state index is 13.1. The first-order valence-corrected chi connectivity index (χ1v) is 3.97. The highest BCUT2D eigenvalue weighted by atomic mass is 19.1. The van der Waals surface area contributed by atoms with E-state index >= 15 is 0 Å². The number of ether oxygens (including phenoxy) is 1. The maximum Gasteiger partial charge on any atom is 0.165 e. The monoisotopic (exact) mass is 192 g/mol. The first-order chi connectivity index (χ1) is 6.69. The number of halogens is 1. The third-order valence-electron chi connectivity index (χ3n) is 1.76. The number of nitriles is 1. The van der Waals surface area contributed by atoms with E-state index in [9.17, 15) is 4.39 Å².